The Labute approximate surface area is 124 Å². The van der Waals surface area contributed by atoms with E-state index >= 15 is 0 Å². The molecule has 2 aliphatic rings. The first-order chi connectivity index (χ1) is 9.84. The Morgan fingerprint density at radius 2 is 1.60 bits per heavy atom. The van der Waals surface area contributed by atoms with Crippen molar-refractivity contribution in [2.24, 2.45) is 0 Å². The molecule has 0 spiro atoms. The van der Waals surface area contributed by atoms with Crippen LogP contribution in [0.15, 0.2) is 11.6 Å². The Hall–Kier alpha value is -1.30. The van der Waals surface area contributed by atoms with Crippen LogP contribution < -0.4 is 4.90 Å². The number of hydrogen-bond donors (Lipinski definition) is 0. The Kier molecular flexibility index (Phi) is 4.40. The number of urea groups is 1. The maximum absolute atomic E-state index is 12.5. The molecule has 0 atom stereocenters. The van der Waals surface area contributed by atoms with E-state index in [1.54, 1.807) is 11.3 Å². The molecule has 2 amide bonds. The molecule has 2 aliphatic heterocycles. The molecule has 0 bridgehead atoms. The van der Waals surface area contributed by atoms with Crippen LogP contribution in [0.25, 0.3) is 0 Å². The van der Waals surface area contributed by atoms with Crippen molar-refractivity contribution in [2.45, 2.75) is 25.7 Å². The van der Waals surface area contributed by atoms with Crippen LogP contribution in [0.1, 0.15) is 25.7 Å². The van der Waals surface area contributed by atoms with Crippen molar-refractivity contribution in [1.82, 2.24) is 14.8 Å². The SMILES string of the molecule is O=C(N1CCCCCC1)N1CCN(c2nccs2)CC1. The van der Waals surface area contributed by atoms with Crippen molar-refractivity contribution in [3.05, 3.63) is 11.6 Å². The Morgan fingerprint density at radius 1 is 0.950 bits per heavy atom. The van der Waals surface area contributed by atoms with Crippen LogP contribution in [0.5, 0.6) is 0 Å². The van der Waals surface area contributed by atoms with Crippen LogP contribution in [-0.4, -0.2) is 60.1 Å². The summed E-state index contributed by atoms with van der Waals surface area (Å²) in [6.45, 7) is 5.29. The molecule has 0 N–H and O–H groups in total. The first-order valence-electron chi connectivity index (χ1n) is 7.53. The van der Waals surface area contributed by atoms with Gasteiger partial charge in [-0.15, -0.1) is 11.3 Å². The topological polar surface area (TPSA) is 39.7 Å². The van der Waals surface area contributed by atoms with Crippen LogP contribution in [0.2, 0.25) is 0 Å². The van der Waals surface area contributed by atoms with Crippen LogP contribution in [0.3, 0.4) is 0 Å². The van der Waals surface area contributed by atoms with Crippen molar-refractivity contribution in [1.29, 1.82) is 0 Å². The smallest absolute Gasteiger partial charge is 0.320 e. The second-order valence-corrected chi connectivity index (χ2v) is 6.35. The zero-order chi connectivity index (χ0) is 13.8. The Bertz CT molecular complexity index is 420. The van der Waals surface area contributed by atoms with Crippen molar-refractivity contribution in [2.75, 3.05) is 44.2 Å². The van der Waals surface area contributed by atoms with Gasteiger partial charge in [-0.25, -0.2) is 9.78 Å². The first-order valence-corrected chi connectivity index (χ1v) is 8.41. The van der Waals surface area contributed by atoms with E-state index in [1.807, 2.05) is 21.4 Å². The quantitative estimate of drug-likeness (QED) is 0.797. The molecule has 1 aromatic rings. The zero-order valence-electron chi connectivity index (χ0n) is 11.8. The predicted molar refractivity (Wildman–Crippen MR) is 81.3 cm³/mol. The minimum absolute atomic E-state index is 0.241. The van der Waals surface area contributed by atoms with Crippen LogP contribution in [-0.2, 0) is 0 Å². The Balaban J connectivity index is 1.53. The number of thiazole rings is 1. The van der Waals surface area contributed by atoms with Crippen LogP contribution in [0, 0.1) is 0 Å². The van der Waals surface area contributed by atoms with E-state index in [4.69, 9.17) is 0 Å². The summed E-state index contributed by atoms with van der Waals surface area (Å²) in [4.78, 5) is 23.2. The molecule has 0 aromatic carbocycles. The van der Waals surface area contributed by atoms with Gasteiger partial charge >= 0.3 is 6.03 Å². The highest BCUT2D eigenvalue weighted by molar-refractivity contribution is 7.13. The number of likely N-dealkylation sites (tertiary alicyclic amines) is 1. The van der Waals surface area contributed by atoms with Crippen molar-refractivity contribution in [3.8, 4) is 0 Å². The normalized spacial score (nSPS) is 20.9. The highest BCUT2D eigenvalue weighted by Gasteiger charge is 2.26. The summed E-state index contributed by atoms with van der Waals surface area (Å²) < 4.78 is 0. The summed E-state index contributed by atoms with van der Waals surface area (Å²) in [7, 11) is 0. The monoisotopic (exact) mass is 294 g/mol. The molecule has 5 nitrogen and oxygen atoms in total. The summed E-state index contributed by atoms with van der Waals surface area (Å²) in [5.74, 6) is 0. The fraction of sp³-hybridized carbons (Fsp3) is 0.714. The van der Waals surface area contributed by atoms with E-state index in [1.165, 1.54) is 12.8 Å². The third kappa shape index (κ3) is 3.06. The van der Waals surface area contributed by atoms with Crippen molar-refractivity contribution in [3.63, 3.8) is 0 Å². The molecule has 0 unspecified atom stereocenters. The number of amides is 2. The predicted octanol–water partition coefficient (Wildman–Crippen LogP) is 2.26. The van der Waals surface area contributed by atoms with Gasteiger partial charge in [0.25, 0.3) is 0 Å². The molecule has 2 saturated heterocycles. The van der Waals surface area contributed by atoms with Gasteiger partial charge in [0, 0.05) is 50.8 Å². The second kappa shape index (κ2) is 6.43. The van der Waals surface area contributed by atoms with Gasteiger partial charge in [-0.1, -0.05) is 12.8 Å². The summed E-state index contributed by atoms with van der Waals surface area (Å²) in [5, 5.41) is 3.08. The molecule has 0 radical (unpaired) electrons. The van der Waals surface area contributed by atoms with Gasteiger partial charge in [-0.2, -0.15) is 0 Å². The van der Waals surface area contributed by atoms with Crippen molar-refractivity contribution >= 4 is 22.5 Å². The molecule has 0 aliphatic carbocycles. The third-order valence-corrected chi connectivity index (χ3v) is 4.95. The maximum atomic E-state index is 12.5. The lowest BCUT2D eigenvalue weighted by atomic mass is 10.2. The van der Waals surface area contributed by atoms with E-state index < -0.39 is 0 Å². The van der Waals surface area contributed by atoms with E-state index in [2.05, 4.69) is 9.88 Å². The van der Waals surface area contributed by atoms with Gasteiger partial charge in [-0.05, 0) is 12.8 Å². The highest BCUT2D eigenvalue weighted by Crippen LogP contribution is 2.20. The number of hydrogen-bond acceptors (Lipinski definition) is 4. The number of carbonyl (C=O) groups is 1. The third-order valence-electron chi connectivity index (χ3n) is 4.12. The maximum Gasteiger partial charge on any atom is 0.320 e. The fourth-order valence-electron chi connectivity index (χ4n) is 2.92. The lowest BCUT2D eigenvalue weighted by Gasteiger charge is -2.37. The molecule has 3 rings (SSSR count). The molecule has 20 heavy (non-hydrogen) atoms. The summed E-state index contributed by atoms with van der Waals surface area (Å²) >= 11 is 1.67. The molecule has 1 aromatic heterocycles. The van der Waals surface area contributed by atoms with E-state index in [0.29, 0.717) is 0 Å². The average Bonchev–Trinajstić information content (AvgIpc) is 2.89. The average molecular weight is 294 g/mol. The van der Waals surface area contributed by atoms with E-state index in [-0.39, 0.29) is 6.03 Å². The fourth-order valence-corrected chi connectivity index (χ4v) is 3.62. The minimum Gasteiger partial charge on any atom is -0.345 e. The molecule has 0 saturated carbocycles. The zero-order valence-corrected chi connectivity index (χ0v) is 12.6. The number of carbonyl (C=O) groups excluding carboxylic acids is 1. The largest absolute Gasteiger partial charge is 0.345 e. The molecular weight excluding hydrogens is 272 g/mol. The van der Waals surface area contributed by atoms with Gasteiger partial charge in [0.1, 0.15) is 0 Å². The van der Waals surface area contributed by atoms with Gasteiger partial charge in [0.2, 0.25) is 0 Å². The van der Waals surface area contributed by atoms with Gasteiger partial charge in [-0.3, -0.25) is 0 Å². The van der Waals surface area contributed by atoms with Gasteiger partial charge in [0.15, 0.2) is 5.13 Å². The van der Waals surface area contributed by atoms with Gasteiger partial charge < -0.3 is 14.7 Å². The number of aromatic nitrogens is 1. The van der Waals surface area contributed by atoms with Crippen molar-refractivity contribution < 1.29 is 4.79 Å². The molecule has 2 fully saturated rings. The number of rotatable bonds is 1. The summed E-state index contributed by atoms with van der Waals surface area (Å²) in [6.07, 6.45) is 6.69. The summed E-state index contributed by atoms with van der Waals surface area (Å²) in [6, 6.07) is 0.241. The molecular formula is C14H22N4OS. The van der Waals surface area contributed by atoms with Crippen LogP contribution >= 0.6 is 11.3 Å². The molecule has 6 heteroatoms. The molecule has 3 heterocycles. The number of nitrogens with zero attached hydrogens (tertiary/aromatic N) is 4. The van der Waals surface area contributed by atoms with E-state index in [0.717, 1.165) is 57.2 Å². The number of piperazine rings is 1. The highest BCUT2D eigenvalue weighted by atomic mass is 32.1. The lowest BCUT2D eigenvalue weighted by molar-refractivity contribution is 0.151. The standard InChI is InChI=1S/C14H22N4OS/c19-14(17-6-3-1-2-4-7-17)18-10-8-16(9-11-18)13-15-5-12-20-13/h5,12H,1-4,6-11H2. The first kappa shape index (κ1) is 13.7. The lowest BCUT2D eigenvalue weighted by Crippen LogP contribution is -2.53. The van der Waals surface area contributed by atoms with E-state index in [9.17, 15) is 4.79 Å². The summed E-state index contributed by atoms with van der Waals surface area (Å²) in [5.41, 5.74) is 0. The Morgan fingerprint density at radius 3 is 2.20 bits per heavy atom. The second-order valence-electron chi connectivity index (χ2n) is 5.47. The minimum atomic E-state index is 0.241. The van der Waals surface area contributed by atoms with Gasteiger partial charge in [0.05, 0.1) is 0 Å². The van der Waals surface area contributed by atoms with Crippen LogP contribution in [0.4, 0.5) is 9.93 Å². The molecule has 110 valence electrons. The number of anilines is 1.